The first kappa shape index (κ1) is 11.7. The van der Waals surface area contributed by atoms with Gasteiger partial charge in [0.1, 0.15) is 0 Å². The molecule has 16 heavy (non-hydrogen) atoms. The van der Waals surface area contributed by atoms with E-state index in [9.17, 15) is 0 Å². The molecule has 1 aromatic rings. The molecule has 1 aliphatic heterocycles. The second-order valence-electron chi connectivity index (χ2n) is 3.97. The average molecular weight is 286 g/mol. The third kappa shape index (κ3) is 1.92. The van der Waals surface area contributed by atoms with Crippen LogP contribution in [0.4, 0.5) is 0 Å². The third-order valence-corrected chi connectivity index (χ3v) is 4.22. The zero-order chi connectivity index (χ0) is 11.7. The van der Waals surface area contributed by atoms with Gasteiger partial charge in [-0.05, 0) is 36.7 Å². The van der Waals surface area contributed by atoms with Crippen molar-refractivity contribution in [3.63, 3.8) is 0 Å². The second-order valence-corrected chi connectivity index (χ2v) is 4.84. The predicted molar refractivity (Wildman–Crippen MR) is 67.5 cm³/mol. The molecule has 1 aromatic carbocycles. The van der Waals surface area contributed by atoms with E-state index in [1.807, 2.05) is 0 Å². The van der Waals surface area contributed by atoms with E-state index in [-0.39, 0.29) is 4.95 Å². The lowest BCUT2D eigenvalue weighted by atomic mass is 9.99. The minimum atomic E-state index is 0.260. The number of nitrogens with zero attached hydrogens (tertiary/aromatic N) is 1. The molecule has 0 spiro atoms. The highest BCUT2D eigenvalue weighted by molar-refractivity contribution is 9.09. The fourth-order valence-corrected chi connectivity index (χ4v) is 2.65. The summed E-state index contributed by atoms with van der Waals surface area (Å²) in [6.07, 6.45) is 1.05. The third-order valence-electron chi connectivity index (χ3n) is 3.02. The van der Waals surface area contributed by atoms with Crippen molar-refractivity contribution < 1.29 is 9.47 Å². The monoisotopic (exact) mass is 285 g/mol. The van der Waals surface area contributed by atoms with Crippen LogP contribution in [0.3, 0.4) is 0 Å². The Morgan fingerprint density at radius 2 is 1.88 bits per heavy atom. The molecule has 4 heteroatoms. The minimum absolute atomic E-state index is 0.260. The fraction of sp³-hybridized carbons (Fsp3) is 0.500. The van der Waals surface area contributed by atoms with Crippen molar-refractivity contribution in [1.82, 2.24) is 4.90 Å². The molecular formula is C12H16BrNO2. The van der Waals surface area contributed by atoms with Crippen LogP contribution in [0.2, 0.25) is 0 Å². The minimum Gasteiger partial charge on any atom is -0.493 e. The molecule has 1 aliphatic rings. The van der Waals surface area contributed by atoms with Gasteiger partial charge in [-0.3, -0.25) is 4.90 Å². The Morgan fingerprint density at radius 1 is 1.25 bits per heavy atom. The predicted octanol–water partition coefficient (Wildman–Crippen LogP) is 2.59. The molecule has 0 N–H and O–H groups in total. The summed E-state index contributed by atoms with van der Waals surface area (Å²) < 4.78 is 10.6. The fourth-order valence-electron chi connectivity index (χ4n) is 2.02. The smallest absolute Gasteiger partial charge is 0.161 e. The van der Waals surface area contributed by atoms with E-state index in [0.717, 1.165) is 24.5 Å². The number of alkyl halides is 1. The summed E-state index contributed by atoms with van der Waals surface area (Å²) >= 11 is 3.69. The number of benzene rings is 1. The molecule has 1 heterocycles. The Kier molecular flexibility index (Phi) is 3.40. The summed E-state index contributed by atoms with van der Waals surface area (Å²) in [5.41, 5.74) is 2.60. The molecule has 0 amide bonds. The summed E-state index contributed by atoms with van der Waals surface area (Å²) in [4.78, 5) is 2.53. The Morgan fingerprint density at radius 3 is 2.50 bits per heavy atom. The van der Waals surface area contributed by atoms with E-state index in [1.165, 1.54) is 11.1 Å². The zero-order valence-electron chi connectivity index (χ0n) is 9.79. The number of halogens is 1. The molecular weight excluding hydrogens is 270 g/mol. The van der Waals surface area contributed by atoms with Crippen LogP contribution in [0, 0.1) is 0 Å². The number of rotatable bonds is 2. The maximum atomic E-state index is 5.32. The van der Waals surface area contributed by atoms with Gasteiger partial charge in [0.2, 0.25) is 0 Å². The molecule has 0 radical (unpaired) electrons. The van der Waals surface area contributed by atoms with Crippen molar-refractivity contribution in [1.29, 1.82) is 0 Å². The standard InChI is InChI=1S/C12H16BrNO2/c1-14-5-4-8-6-10(15-2)11(16-3)7-9(8)12(14)13/h6-7,12H,4-5H2,1-3H3. The van der Waals surface area contributed by atoms with Gasteiger partial charge in [-0.25, -0.2) is 0 Å². The molecule has 0 fully saturated rings. The van der Waals surface area contributed by atoms with Gasteiger partial charge in [-0.15, -0.1) is 0 Å². The summed E-state index contributed by atoms with van der Waals surface area (Å²) in [6, 6.07) is 4.14. The normalized spacial score (nSPS) is 20.4. The molecule has 1 unspecified atom stereocenters. The Bertz CT molecular complexity index is 395. The Labute approximate surface area is 104 Å². The number of likely N-dealkylation sites (N-methyl/N-ethyl adjacent to an activating group) is 1. The number of hydrogen-bond donors (Lipinski definition) is 0. The van der Waals surface area contributed by atoms with E-state index in [4.69, 9.17) is 9.47 Å². The van der Waals surface area contributed by atoms with Crippen LogP contribution < -0.4 is 9.47 Å². The summed E-state index contributed by atoms with van der Waals surface area (Å²) in [5, 5.41) is 0. The van der Waals surface area contributed by atoms with Gasteiger partial charge in [-0.1, -0.05) is 15.9 Å². The van der Waals surface area contributed by atoms with Crippen molar-refractivity contribution in [2.45, 2.75) is 11.4 Å². The van der Waals surface area contributed by atoms with E-state index in [1.54, 1.807) is 14.2 Å². The highest BCUT2D eigenvalue weighted by Gasteiger charge is 2.24. The van der Waals surface area contributed by atoms with Crippen LogP contribution in [-0.2, 0) is 6.42 Å². The van der Waals surface area contributed by atoms with E-state index in [2.05, 4.69) is 40.0 Å². The molecule has 0 aromatic heterocycles. The van der Waals surface area contributed by atoms with Crippen LogP contribution in [0.5, 0.6) is 11.5 Å². The second kappa shape index (κ2) is 4.63. The van der Waals surface area contributed by atoms with E-state index in [0.29, 0.717) is 0 Å². The van der Waals surface area contributed by atoms with Gasteiger partial charge in [-0.2, -0.15) is 0 Å². The van der Waals surface area contributed by atoms with Crippen LogP contribution in [0.15, 0.2) is 12.1 Å². The van der Waals surface area contributed by atoms with Gasteiger partial charge in [0, 0.05) is 6.54 Å². The van der Waals surface area contributed by atoms with Crippen LogP contribution in [0.25, 0.3) is 0 Å². The molecule has 1 atom stereocenters. The summed E-state index contributed by atoms with van der Waals surface area (Å²) in [6.45, 7) is 1.05. The van der Waals surface area contributed by atoms with Gasteiger partial charge in [0.15, 0.2) is 11.5 Å². The van der Waals surface area contributed by atoms with Crippen molar-refractivity contribution >= 4 is 15.9 Å². The SMILES string of the molecule is COc1cc2c(cc1OC)C(Br)N(C)CC2. The largest absolute Gasteiger partial charge is 0.493 e. The lowest BCUT2D eigenvalue weighted by Gasteiger charge is -2.31. The topological polar surface area (TPSA) is 21.7 Å². The first-order valence-electron chi connectivity index (χ1n) is 5.26. The van der Waals surface area contributed by atoms with Crippen molar-refractivity contribution in [3.8, 4) is 11.5 Å². The maximum absolute atomic E-state index is 5.32. The van der Waals surface area contributed by atoms with E-state index < -0.39 is 0 Å². The Hall–Kier alpha value is -0.740. The molecule has 0 saturated heterocycles. The Balaban J connectivity index is 2.48. The summed E-state index contributed by atoms with van der Waals surface area (Å²) in [7, 11) is 5.45. The maximum Gasteiger partial charge on any atom is 0.161 e. The molecule has 88 valence electrons. The molecule has 3 nitrogen and oxygen atoms in total. The molecule has 0 saturated carbocycles. The first-order chi connectivity index (χ1) is 7.67. The quantitative estimate of drug-likeness (QED) is 0.616. The lowest BCUT2D eigenvalue weighted by molar-refractivity contribution is 0.304. The van der Waals surface area contributed by atoms with Crippen molar-refractivity contribution in [3.05, 3.63) is 23.3 Å². The lowest BCUT2D eigenvalue weighted by Crippen LogP contribution is -2.28. The summed E-state index contributed by atoms with van der Waals surface area (Å²) in [5.74, 6) is 1.60. The zero-order valence-corrected chi connectivity index (χ0v) is 11.4. The van der Waals surface area contributed by atoms with Crippen molar-refractivity contribution in [2.75, 3.05) is 27.8 Å². The number of ether oxygens (including phenoxy) is 2. The van der Waals surface area contributed by atoms with Gasteiger partial charge in [0.25, 0.3) is 0 Å². The van der Waals surface area contributed by atoms with Gasteiger partial charge in [0.05, 0.1) is 19.2 Å². The number of hydrogen-bond acceptors (Lipinski definition) is 3. The van der Waals surface area contributed by atoms with Gasteiger partial charge >= 0.3 is 0 Å². The number of fused-ring (bicyclic) bond motifs is 1. The van der Waals surface area contributed by atoms with Crippen molar-refractivity contribution in [2.24, 2.45) is 0 Å². The highest BCUT2D eigenvalue weighted by atomic mass is 79.9. The molecule has 2 rings (SSSR count). The molecule has 0 bridgehead atoms. The van der Waals surface area contributed by atoms with E-state index >= 15 is 0 Å². The van der Waals surface area contributed by atoms with Crippen LogP contribution >= 0.6 is 15.9 Å². The number of methoxy groups -OCH3 is 2. The van der Waals surface area contributed by atoms with Crippen LogP contribution in [0.1, 0.15) is 16.1 Å². The molecule has 0 aliphatic carbocycles. The highest BCUT2D eigenvalue weighted by Crippen LogP contribution is 2.39. The first-order valence-corrected chi connectivity index (χ1v) is 6.18. The van der Waals surface area contributed by atoms with Gasteiger partial charge < -0.3 is 9.47 Å². The average Bonchev–Trinajstić information content (AvgIpc) is 2.32. The van der Waals surface area contributed by atoms with Crippen LogP contribution in [-0.4, -0.2) is 32.7 Å².